The van der Waals surface area contributed by atoms with E-state index in [4.69, 9.17) is 4.42 Å². The summed E-state index contributed by atoms with van der Waals surface area (Å²) in [6.45, 7) is 6.04. The van der Waals surface area contributed by atoms with E-state index in [9.17, 15) is 0 Å². The molecule has 0 saturated carbocycles. The van der Waals surface area contributed by atoms with Gasteiger partial charge in [0.25, 0.3) is 0 Å². The van der Waals surface area contributed by atoms with Crippen molar-refractivity contribution >= 4 is 83.5 Å². The number of aromatic nitrogens is 1. The minimum atomic E-state index is 0.783. The summed E-state index contributed by atoms with van der Waals surface area (Å²) in [6, 6.07) is 70.3. The van der Waals surface area contributed by atoms with Gasteiger partial charge in [0.15, 0.2) is 0 Å². The maximum atomic E-state index is 6.40. The molecular weight excluding hydrogens is 729 g/mol. The lowest BCUT2D eigenvalue weighted by molar-refractivity contribution is 0.604. The number of hydrogen-bond acceptors (Lipinski definition) is 2. The molecule has 0 radical (unpaired) electrons. The van der Waals surface area contributed by atoms with Gasteiger partial charge in [-0.2, -0.15) is 0 Å². The molecule has 0 spiro atoms. The first-order valence-electron chi connectivity index (χ1n) is 20.5. The smallest absolute Gasteiger partial charge is 0.143 e. The standard InChI is InChI=1S/C57H40N2O/c1-3-13-50-51-21-12-20-48(57(51)60-56(50)4-2)41-27-32-45(33-28-41)58(53-23-11-17-40-15-7-8-18-47(40)53)44-30-24-39(25-31-44)43-29-35-55-52(37-43)49-19-9-10-22-54(49)59(55)46-34-26-38-14-5-6-16-42(38)36-46/h3-37H,2H2,1H3/b13-3-. The third-order valence-corrected chi connectivity index (χ3v) is 11.9. The van der Waals surface area contributed by atoms with Crippen LogP contribution >= 0.6 is 0 Å². The number of allylic oxidation sites excluding steroid dienone is 1. The SMILES string of the molecule is C=Cc1oc2c(-c3ccc(N(c4ccc(-c5ccc6c(c5)c5ccccc5n6-c5ccc6ccccc6c5)cc4)c4cccc5ccccc45)cc3)cccc2c1/C=C\C. The van der Waals surface area contributed by atoms with Gasteiger partial charge in [-0.05, 0) is 107 Å². The van der Waals surface area contributed by atoms with Gasteiger partial charge in [0, 0.05) is 49.7 Å². The van der Waals surface area contributed by atoms with E-state index in [1.54, 1.807) is 6.08 Å². The van der Waals surface area contributed by atoms with E-state index in [-0.39, 0.29) is 0 Å². The molecule has 0 unspecified atom stereocenters. The minimum Gasteiger partial charge on any atom is -0.455 e. The Kier molecular flexibility index (Phi) is 8.53. The monoisotopic (exact) mass is 768 g/mol. The molecule has 3 nitrogen and oxygen atoms in total. The van der Waals surface area contributed by atoms with Gasteiger partial charge >= 0.3 is 0 Å². The molecule has 3 heteroatoms. The Labute approximate surface area is 349 Å². The summed E-state index contributed by atoms with van der Waals surface area (Å²) < 4.78 is 8.79. The van der Waals surface area contributed by atoms with Crippen molar-refractivity contribution in [2.45, 2.75) is 6.92 Å². The Balaban J connectivity index is 0.996. The first kappa shape index (κ1) is 35.3. The van der Waals surface area contributed by atoms with Crippen LogP contribution in [0.1, 0.15) is 18.2 Å². The molecule has 0 fully saturated rings. The molecule has 0 aliphatic carbocycles. The summed E-state index contributed by atoms with van der Waals surface area (Å²) in [5.74, 6) is 0.783. The predicted molar refractivity (Wildman–Crippen MR) is 256 cm³/mol. The van der Waals surface area contributed by atoms with Gasteiger partial charge < -0.3 is 13.9 Å². The van der Waals surface area contributed by atoms with Gasteiger partial charge in [0.05, 0.1) is 16.7 Å². The van der Waals surface area contributed by atoms with Crippen LogP contribution in [0.3, 0.4) is 0 Å². The summed E-state index contributed by atoms with van der Waals surface area (Å²) in [7, 11) is 0. The molecule has 0 saturated heterocycles. The van der Waals surface area contributed by atoms with Gasteiger partial charge in [-0.15, -0.1) is 0 Å². The highest BCUT2D eigenvalue weighted by atomic mass is 16.3. The Bertz CT molecular complexity index is 3450. The summed E-state index contributed by atoms with van der Waals surface area (Å²) in [5.41, 5.74) is 13.2. The van der Waals surface area contributed by atoms with Gasteiger partial charge in [-0.1, -0.05) is 152 Å². The van der Waals surface area contributed by atoms with Crippen LogP contribution in [0.4, 0.5) is 17.1 Å². The average molecular weight is 769 g/mol. The van der Waals surface area contributed by atoms with E-state index < -0.39 is 0 Å². The van der Waals surface area contributed by atoms with E-state index in [0.717, 1.165) is 56.2 Å². The molecule has 0 aliphatic rings. The Morgan fingerprint density at radius 2 is 1.13 bits per heavy atom. The molecule has 11 rings (SSSR count). The van der Waals surface area contributed by atoms with Crippen molar-refractivity contribution in [2.24, 2.45) is 0 Å². The van der Waals surface area contributed by atoms with Crippen LogP contribution in [0, 0.1) is 0 Å². The number of fused-ring (bicyclic) bond motifs is 6. The third-order valence-electron chi connectivity index (χ3n) is 11.9. The van der Waals surface area contributed by atoms with Crippen LogP contribution < -0.4 is 4.90 Å². The lowest BCUT2D eigenvalue weighted by Gasteiger charge is -2.27. The van der Waals surface area contributed by atoms with Crippen LogP contribution in [-0.4, -0.2) is 4.57 Å². The molecule has 2 heterocycles. The fraction of sp³-hybridized carbons (Fsp3) is 0.0175. The molecule has 9 aromatic carbocycles. The zero-order valence-electron chi connectivity index (χ0n) is 33.2. The molecule has 284 valence electrons. The Hall–Kier alpha value is -7.88. The summed E-state index contributed by atoms with van der Waals surface area (Å²) in [5, 5.41) is 8.43. The number of para-hydroxylation sites is 2. The fourth-order valence-electron chi connectivity index (χ4n) is 9.04. The minimum absolute atomic E-state index is 0.783. The van der Waals surface area contributed by atoms with Gasteiger partial charge in [0.1, 0.15) is 11.3 Å². The van der Waals surface area contributed by atoms with E-state index >= 15 is 0 Å². The second-order valence-electron chi connectivity index (χ2n) is 15.3. The summed E-state index contributed by atoms with van der Waals surface area (Å²) in [6.07, 6.45) is 5.92. The maximum Gasteiger partial charge on any atom is 0.143 e. The van der Waals surface area contributed by atoms with Gasteiger partial charge in [-0.25, -0.2) is 0 Å². The lowest BCUT2D eigenvalue weighted by Crippen LogP contribution is -2.10. The number of furan rings is 1. The van der Waals surface area contributed by atoms with Gasteiger partial charge in [-0.3, -0.25) is 0 Å². The van der Waals surface area contributed by atoms with Crippen molar-refractivity contribution in [1.29, 1.82) is 0 Å². The molecule has 0 atom stereocenters. The van der Waals surface area contributed by atoms with E-state index in [0.29, 0.717) is 0 Å². The molecule has 2 aromatic heterocycles. The molecule has 0 N–H and O–H groups in total. The maximum absolute atomic E-state index is 6.40. The molecule has 60 heavy (non-hydrogen) atoms. The molecule has 11 aromatic rings. The number of nitrogens with zero attached hydrogens (tertiary/aromatic N) is 2. The average Bonchev–Trinajstić information content (AvgIpc) is 3.84. The zero-order valence-corrected chi connectivity index (χ0v) is 33.2. The van der Waals surface area contributed by atoms with Crippen LogP contribution in [0.2, 0.25) is 0 Å². The molecule has 0 amide bonds. The van der Waals surface area contributed by atoms with E-state index in [1.165, 1.54) is 54.5 Å². The summed E-state index contributed by atoms with van der Waals surface area (Å²) >= 11 is 0. The van der Waals surface area contributed by atoms with Crippen molar-refractivity contribution in [1.82, 2.24) is 4.57 Å². The van der Waals surface area contributed by atoms with Crippen LogP contribution in [-0.2, 0) is 0 Å². The normalized spacial score (nSPS) is 11.8. The van der Waals surface area contributed by atoms with Crippen LogP contribution in [0.15, 0.2) is 211 Å². The number of anilines is 3. The van der Waals surface area contributed by atoms with Crippen LogP contribution in [0.5, 0.6) is 0 Å². The molecular formula is C57H40N2O. The number of hydrogen-bond donors (Lipinski definition) is 0. The van der Waals surface area contributed by atoms with Crippen molar-refractivity contribution in [3.05, 3.63) is 218 Å². The second kappa shape index (κ2) is 14.5. The Morgan fingerprint density at radius 3 is 1.92 bits per heavy atom. The van der Waals surface area contributed by atoms with Crippen molar-refractivity contribution < 1.29 is 4.42 Å². The first-order chi connectivity index (χ1) is 29.7. The highest BCUT2D eigenvalue weighted by Gasteiger charge is 2.19. The molecule has 0 aliphatic heterocycles. The van der Waals surface area contributed by atoms with Crippen LogP contribution in [0.25, 0.3) is 94.4 Å². The highest BCUT2D eigenvalue weighted by molar-refractivity contribution is 6.11. The van der Waals surface area contributed by atoms with E-state index in [1.807, 2.05) is 13.0 Å². The highest BCUT2D eigenvalue weighted by Crippen LogP contribution is 2.42. The second-order valence-corrected chi connectivity index (χ2v) is 15.3. The number of benzene rings is 9. The third kappa shape index (κ3) is 5.82. The topological polar surface area (TPSA) is 21.3 Å². The quantitative estimate of drug-likeness (QED) is 0.154. The summed E-state index contributed by atoms with van der Waals surface area (Å²) in [4.78, 5) is 2.36. The number of rotatable bonds is 8. The van der Waals surface area contributed by atoms with Crippen molar-refractivity contribution in [2.75, 3.05) is 4.90 Å². The fourth-order valence-corrected chi connectivity index (χ4v) is 9.04. The largest absolute Gasteiger partial charge is 0.455 e. The first-order valence-corrected chi connectivity index (χ1v) is 20.5. The van der Waals surface area contributed by atoms with Gasteiger partial charge in [0.2, 0.25) is 0 Å². The predicted octanol–water partition coefficient (Wildman–Crippen LogP) is 16.3. The van der Waals surface area contributed by atoms with E-state index in [2.05, 4.69) is 216 Å². The Morgan fingerprint density at radius 1 is 0.500 bits per heavy atom. The lowest BCUT2D eigenvalue weighted by atomic mass is 10.00. The zero-order chi connectivity index (χ0) is 40.2. The molecule has 0 bridgehead atoms. The van der Waals surface area contributed by atoms with Crippen molar-refractivity contribution in [3.8, 4) is 27.9 Å². The van der Waals surface area contributed by atoms with Crippen molar-refractivity contribution in [3.63, 3.8) is 0 Å².